The third-order valence-corrected chi connectivity index (χ3v) is 5.47. The van der Waals surface area contributed by atoms with Gasteiger partial charge in [-0.05, 0) is 52.0 Å². The van der Waals surface area contributed by atoms with Crippen LogP contribution in [0.1, 0.15) is 27.7 Å². The Morgan fingerprint density at radius 1 is 1.14 bits per heavy atom. The number of fused-ring (bicyclic) bond motifs is 1. The molecule has 0 saturated carbocycles. The summed E-state index contributed by atoms with van der Waals surface area (Å²) in [4.78, 5) is 25.2. The Bertz CT molecular complexity index is 923. The van der Waals surface area contributed by atoms with E-state index in [1.165, 1.54) is 6.08 Å². The van der Waals surface area contributed by atoms with Gasteiger partial charge in [0.05, 0.1) is 13.7 Å². The molecule has 0 spiro atoms. The van der Waals surface area contributed by atoms with Crippen LogP contribution in [0.25, 0.3) is 0 Å². The minimum absolute atomic E-state index is 0.0675. The lowest BCUT2D eigenvalue weighted by Crippen LogP contribution is -2.67. The summed E-state index contributed by atoms with van der Waals surface area (Å²) >= 11 is 0. The van der Waals surface area contributed by atoms with Gasteiger partial charge in [-0.2, -0.15) is 0 Å². The molecule has 0 amide bonds. The van der Waals surface area contributed by atoms with Gasteiger partial charge in [-0.3, -0.25) is 0 Å². The molecular formula is C25H32O10. The summed E-state index contributed by atoms with van der Waals surface area (Å²) in [5.41, 5.74) is 0.375. The van der Waals surface area contributed by atoms with E-state index in [-0.39, 0.29) is 13.2 Å². The lowest BCUT2D eigenvalue weighted by Gasteiger charge is -2.49. The second-order valence-electron chi connectivity index (χ2n) is 8.40. The molecule has 10 heteroatoms. The molecule has 35 heavy (non-hydrogen) atoms. The maximum Gasteiger partial charge on any atom is 0.509 e. The molecule has 2 heterocycles. The monoisotopic (exact) mass is 492 g/mol. The molecule has 5 atom stereocenters. The maximum atomic E-state index is 12.8. The van der Waals surface area contributed by atoms with Crippen molar-refractivity contribution in [3.05, 3.63) is 48.6 Å². The van der Waals surface area contributed by atoms with Gasteiger partial charge in [0, 0.05) is 5.57 Å². The number of benzene rings is 1. The summed E-state index contributed by atoms with van der Waals surface area (Å²) < 4.78 is 45.5. The molecular weight excluding hydrogens is 460 g/mol. The van der Waals surface area contributed by atoms with Crippen molar-refractivity contribution in [2.75, 3.05) is 20.3 Å². The Balaban J connectivity index is 1.95. The molecule has 10 nitrogen and oxygen atoms in total. The van der Waals surface area contributed by atoms with Crippen molar-refractivity contribution >= 4 is 12.1 Å². The highest BCUT2D eigenvalue weighted by Crippen LogP contribution is 2.36. The largest absolute Gasteiger partial charge is 0.509 e. The fraction of sp³-hybridized carbons (Fsp3) is 0.520. The number of hydrogen-bond acceptors (Lipinski definition) is 10. The Hall–Kier alpha value is -3.08. The molecule has 3 rings (SSSR count). The number of allylic oxidation sites excluding steroid dienone is 1. The molecule has 0 aliphatic carbocycles. The minimum Gasteiger partial charge on any atom is -0.497 e. The molecule has 2 aliphatic heterocycles. The Morgan fingerprint density at radius 3 is 2.46 bits per heavy atom. The smallest absolute Gasteiger partial charge is 0.497 e. The highest BCUT2D eigenvalue weighted by atomic mass is 16.8. The number of carbonyl (C=O) groups is 2. The average Bonchev–Trinajstić information content (AvgIpc) is 2.84. The van der Waals surface area contributed by atoms with Crippen LogP contribution in [0.2, 0.25) is 0 Å². The van der Waals surface area contributed by atoms with Crippen LogP contribution in [0.5, 0.6) is 11.5 Å². The number of carbonyl (C=O) groups excluding carboxylic acids is 2. The van der Waals surface area contributed by atoms with Crippen molar-refractivity contribution in [1.29, 1.82) is 0 Å². The Kier molecular flexibility index (Phi) is 8.76. The molecule has 0 unspecified atom stereocenters. The van der Waals surface area contributed by atoms with E-state index in [0.717, 1.165) is 0 Å². The molecule has 0 N–H and O–H groups in total. The molecule has 2 saturated heterocycles. The van der Waals surface area contributed by atoms with Gasteiger partial charge in [0.15, 0.2) is 11.9 Å². The van der Waals surface area contributed by atoms with Gasteiger partial charge >= 0.3 is 12.1 Å². The van der Waals surface area contributed by atoms with Gasteiger partial charge in [0.2, 0.25) is 12.4 Å². The van der Waals surface area contributed by atoms with E-state index in [1.807, 2.05) is 0 Å². The number of esters is 1. The minimum atomic E-state index is -1.22. The van der Waals surface area contributed by atoms with Crippen LogP contribution in [0.3, 0.4) is 0 Å². The van der Waals surface area contributed by atoms with Crippen molar-refractivity contribution < 1.29 is 47.5 Å². The fourth-order valence-corrected chi connectivity index (χ4v) is 3.55. The van der Waals surface area contributed by atoms with E-state index >= 15 is 0 Å². The zero-order valence-electron chi connectivity index (χ0n) is 20.6. The maximum absolute atomic E-state index is 12.8. The Labute approximate surface area is 204 Å². The van der Waals surface area contributed by atoms with Gasteiger partial charge in [0.25, 0.3) is 0 Å². The van der Waals surface area contributed by atoms with Crippen LogP contribution in [0.15, 0.2) is 48.6 Å². The molecule has 1 aromatic rings. The second kappa shape index (κ2) is 11.6. The van der Waals surface area contributed by atoms with Crippen molar-refractivity contribution in [1.82, 2.24) is 0 Å². The van der Waals surface area contributed by atoms with Gasteiger partial charge < -0.3 is 37.9 Å². The van der Waals surface area contributed by atoms with Crippen molar-refractivity contribution in [3.63, 3.8) is 0 Å². The number of methoxy groups -OCH3 is 1. The molecule has 0 bridgehead atoms. The summed E-state index contributed by atoms with van der Waals surface area (Å²) in [6.07, 6.45) is -2.94. The average molecular weight is 493 g/mol. The van der Waals surface area contributed by atoms with Gasteiger partial charge in [-0.15, -0.1) is 0 Å². The SMILES string of the molecule is C=CCOC(=O)O[C@H]1[C@@H](Oc2ccc(OC)cc2)O[C@@H]2COC(C)(C)O[C@H]2[C@@H]1OC(=O)/C(C)=C/C. The van der Waals surface area contributed by atoms with Crippen molar-refractivity contribution in [2.45, 2.75) is 64.2 Å². The zero-order valence-corrected chi connectivity index (χ0v) is 20.6. The molecule has 192 valence electrons. The van der Waals surface area contributed by atoms with Crippen LogP contribution >= 0.6 is 0 Å². The fourth-order valence-electron chi connectivity index (χ4n) is 3.55. The summed E-state index contributed by atoms with van der Waals surface area (Å²) in [5.74, 6) is -0.535. The highest BCUT2D eigenvalue weighted by Gasteiger charge is 2.56. The van der Waals surface area contributed by atoms with Crippen LogP contribution < -0.4 is 9.47 Å². The normalized spacial score (nSPS) is 27.7. The first-order valence-electron chi connectivity index (χ1n) is 11.2. The predicted octanol–water partition coefficient (Wildman–Crippen LogP) is 3.54. The quantitative estimate of drug-likeness (QED) is 0.304. The van der Waals surface area contributed by atoms with Gasteiger partial charge in [-0.1, -0.05) is 18.7 Å². The Morgan fingerprint density at radius 2 is 1.83 bits per heavy atom. The van der Waals surface area contributed by atoms with E-state index < -0.39 is 48.6 Å². The molecule has 0 aromatic heterocycles. The number of hydrogen-bond donors (Lipinski definition) is 0. The van der Waals surface area contributed by atoms with Crippen LogP contribution in [0, 0.1) is 0 Å². The van der Waals surface area contributed by atoms with Gasteiger partial charge in [-0.25, -0.2) is 9.59 Å². The first-order chi connectivity index (χ1) is 16.7. The third kappa shape index (κ3) is 6.74. The summed E-state index contributed by atoms with van der Waals surface area (Å²) in [5, 5.41) is 0. The van der Waals surface area contributed by atoms with E-state index in [2.05, 4.69) is 6.58 Å². The highest BCUT2D eigenvalue weighted by molar-refractivity contribution is 5.87. The molecule has 0 radical (unpaired) electrons. The van der Waals surface area contributed by atoms with E-state index in [0.29, 0.717) is 17.1 Å². The van der Waals surface area contributed by atoms with E-state index in [9.17, 15) is 9.59 Å². The summed E-state index contributed by atoms with van der Waals surface area (Å²) in [7, 11) is 1.55. The lowest BCUT2D eigenvalue weighted by atomic mass is 9.96. The molecule has 1 aromatic carbocycles. The first kappa shape index (κ1) is 26.5. The number of rotatable bonds is 8. The van der Waals surface area contributed by atoms with Crippen LogP contribution in [0.4, 0.5) is 4.79 Å². The molecule has 2 aliphatic rings. The van der Waals surface area contributed by atoms with Crippen LogP contribution in [-0.2, 0) is 33.2 Å². The topological polar surface area (TPSA) is 108 Å². The first-order valence-corrected chi connectivity index (χ1v) is 11.2. The predicted molar refractivity (Wildman–Crippen MR) is 123 cm³/mol. The van der Waals surface area contributed by atoms with E-state index in [1.54, 1.807) is 65.1 Å². The second-order valence-corrected chi connectivity index (χ2v) is 8.40. The van der Waals surface area contributed by atoms with Crippen LogP contribution in [-0.4, -0.2) is 68.9 Å². The summed E-state index contributed by atoms with van der Waals surface area (Å²) in [6, 6.07) is 6.75. The van der Waals surface area contributed by atoms with E-state index in [4.69, 9.17) is 37.9 Å². The van der Waals surface area contributed by atoms with Gasteiger partial charge in [0.1, 0.15) is 30.3 Å². The molecule has 2 fully saturated rings. The van der Waals surface area contributed by atoms with Crippen molar-refractivity contribution in [3.8, 4) is 11.5 Å². The standard InChI is InChI=1S/C25H32O10/c1-7-13-29-24(27)34-21-20(33-22(26)15(3)8-2)19-18(14-30-25(4,5)35-19)32-23(21)31-17-11-9-16(28-6)10-12-17/h7-12,18-21,23H,1,13-14H2,2-6H3/b15-8+/t18-,19-,20+,21-,23+/m1/s1. The van der Waals surface area contributed by atoms with Crippen molar-refractivity contribution in [2.24, 2.45) is 0 Å². The number of ether oxygens (including phenoxy) is 8. The third-order valence-electron chi connectivity index (χ3n) is 5.47. The zero-order chi connectivity index (χ0) is 25.6. The summed E-state index contributed by atoms with van der Waals surface area (Å²) in [6.45, 7) is 10.4. The lowest BCUT2D eigenvalue weighted by molar-refractivity contribution is -0.373.